The molecule has 3 aromatic rings. The van der Waals surface area contributed by atoms with E-state index in [-0.39, 0.29) is 0 Å². The quantitative estimate of drug-likeness (QED) is 0.196. The minimum Gasteiger partial charge on any atom is -0.494 e. The SMILES string of the molecule is C=CCn1c(N=Cc2ccc(OCCCCCCCC)cc2)nc2ccccc21. The largest absolute Gasteiger partial charge is 0.494 e. The normalized spacial score (nSPS) is 11.3. The van der Waals surface area contributed by atoms with Gasteiger partial charge in [0.2, 0.25) is 5.95 Å². The number of aromatic nitrogens is 2. The van der Waals surface area contributed by atoms with Gasteiger partial charge in [-0.25, -0.2) is 9.98 Å². The summed E-state index contributed by atoms with van der Waals surface area (Å²) in [5.41, 5.74) is 3.03. The molecular weight excluding hydrogens is 358 g/mol. The number of imidazole rings is 1. The number of aliphatic imine (C=N–C) groups is 1. The zero-order valence-electron chi connectivity index (χ0n) is 17.4. The molecule has 0 unspecified atom stereocenters. The molecule has 0 radical (unpaired) electrons. The lowest BCUT2D eigenvalue weighted by molar-refractivity contribution is 0.304. The number of allylic oxidation sites excluding steroid dienone is 1. The molecule has 1 heterocycles. The molecule has 0 spiro atoms. The maximum absolute atomic E-state index is 5.85. The van der Waals surface area contributed by atoms with Crippen molar-refractivity contribution in [3.63, 3.8) is 0 Å². The van der Waals surface area contributed by atoms with Crippen LogP contribution in [0.2, 0.25) is 0 Å². The Hall–Kier alpha value is -2.88. The van der Waals surface area contributed by atoms with Crippen molar-refractivity contribution in [1.29, 1.82) is 0 Å². The molecule has 0 saturated carbocycles. The van der Waals surface area contributed by atoms with Crippen molar-refractivity contribution in [2.75, 3.05) is 6.61 Å². The van der Waals surface area contributed by atoms with E-state index < -0.39 is 0 Å². The summed E-state index contributed by atoms with van der Waals surface area (Å²) in [5, 5.41) is 0. The van der Waals surface area contributed by atoms with E-state index in [2.05, 4.69) is 34.1 Å². The van der Waals surface area contributed by atoms with Crippen LogP contribution in [0.1, 0.15) is 51.0 Å². The van der Waals surface area contributed by atoms with E-state index in [0.717, 1.165) is 35.4 Å². The van der Waals surface area contributed by atoms with E-state index in [1.54, 1.807) is 0 Å². The number of hydrogen-bond donors (Lipinski definition) is 0. The number of ether oxygens (including phenoxy) is 1. The van der Waals surface area contributed by atoms with Crippen molar-refractivity contribution in [3.8, 4) is 5.75 Å². The van der Waals surface area contributed by atoms with Crippen molar-refractivity contribution < 1.29 is 4.74 Å². The summed E-state index contributed by atoms with van der Waals surface area (Å²) in [6, 6.07) is 16.1. The van der Waals surface area contributed by atoms with Crippen LogP contribution in [0, 0.1) is 0 Å². The summed E-state index contributed by atoms with van der Waals surface area (Å²) in [6.07, 6.45) is 11.4. The van der Waals surface area contributed by atoms with Crippen molar-refractivity contribution in [2.45, 2.75) is 52.0 Å². The Morgan fingerprint density at radius 2 is 1.76 bits per heavy atom. The molecule has 0 fully saturated rings. The lowest BCUT2D eigenvalue weighted by Crippen LogP contribution is -1.97. The monoisotopic (exact) mass is 389 g/mol. The summed E-state index contributed by atoms with van der Waals surface area (Å²) in [4.78, 5) is 9.24. The summed E-state index contributed by atoms with van der Waals surface area (Å²) in [6.45, 7) is 7.55. The lowest BCUT2D eigenvalue weighted by Gasteiger charge is -2.06. The van der Waals surface area contributed by atoms with Gasteiger partial charge in [0.15, 0.2) is 0 Å². The molecule has 0 N–H and O–H groups in total. The molecule has 4 heteroatoms. The highest BCUT2D eigenvalue weighted by Gasteiger charge is 2.07. The van der Waals surface area contributed by atoms with Crippen LogP contribution in [0.3, 0.4) is 0 Å². The number of rotatable bonds is 12. The van der Waals surface area contributed by atoms with Crippen LogP contribution >= 0.6 is 0 Å². The predicted octanol–water partition coefficient (Wildman–Crippen LogP) is 6.71. The van der Waals surface area contributed by atoms with Gasteiger partial charge in [-0.2, -0.15) is 0 Å². The van der Waals surface area contributed by atoms with E-state index >= 15 is 0 Å². The van der Waals surface area contributed by atoms with Crippen LogP contribution in [0.4, 0.5) is 5.95 Å². The molecule has 3 rings (SSSR count). The number of fused-ring (bicyclic) bond motifs is 1. The first-order valence-corrected chi connectivity index (χ1v) is 10.6. The van der Waals surface area contributed by atoms with Crippen molar-refractivity contribution in [2.24, 2.45) is 4.99 Å². The third-order valence-corrected chi connectivity index (χ3v) is 4.92. The first-order valence-electron chi connectivity index (χ1n) is 10.6. The fourth-order valence-corrected chi connectivity index (χ4v) is 3.33. The van der Waals surface area contributed by atoms with Gasteiger partial charge in [0, 0.05) is 12.8 Å². The van der Waals surface area contributed by atoms with Gasteiger partial charge in [-0.15, -0.1) is 6.58 Å². The number of nitrogens with zero attached hydrogens (tertiary/aromatic N) is 3. The molecule has 0 saturated heterocycles. The third kappa shape index (κ3) is 6.05. The summed E-state index contributed by atoms with van der Waals surface area (Å²) in [7, 11) is 0. The molecule has 152 valence electrons. The van der Waals surface area contributed by atoms with E-state index in [1.807, 2.05) is 54.8 Å². The van der Waals surface area contributed by atoms with Gasteiger partial charge in [-0.1, -0.05) is 57.2 Å². The van der Waals surface area contributed by atoms with Gasteiger partial charge >= 0.3 is 0 Å². The first-order chi connectivity index (χ1) is 14.3. The molecule has 4 nitrogen and oxygen atoms in total. The van der Waals surface area contributed by atoms with Gasteiger partial charge in [-0.3, -0.25) is 0 Å². The summed E-state index contributed by atoms with van der Waals surface area (Å²) in [5.74, 6) is 1.60. The molecule has 0 atom stereocenters. The Bertz CT molecular complexity index is 925. The smallest absolute Gasteiger partial charge is 0.230 e. The van der Waals surface area contributed by atoms with Crippen LogP contribution in [0.15, 0.2) is 66.2 Å². The van der Waals surface area contributed by atoms with Crippen LogP contribution in [0.5, 0.6) is 5.75 Å². The fourth-order valence-electron chi connectivity index (χ4n) is 3.33. The van der Waals surface area contributed by atoms with Gasteiger partial charge in [0.1, 0.15) is 5.75 Å². The number of unbranched alkanes of at least 4 members (excludes halogenated alkanes) is 5. The van der Waals surface area contributed by atoms with Crippen LogP contribution in [-0.4, -0.2) is 22.4 Å². The highest BCUT2D eigenvalue weighted by molar-refractivity contribution is 5.83. The molecule has 0 aliphatic carbocycles. The highest BCUT2D eigenvalue weighted by Crippen LogP contribution is 2.22. The van der Waals surface area contributed by atoms with Crippen LogP contribution < -0.4 is 4.74 Å². The number of hydrogen-bond acceptors (Lipinski definition) is 3. The maximum atomic E-state index is 5.85. The first kappa shape index (κ1) is 20.8. The topological polar surface area (TPSA) is 39.4 Å². The Balaban J connectivity index is 1.56. The summed E-state index contributed by atoms with van der Waals surface area (Å²) < 4.78 is 7.92. The second-order valence-electron chi connectivity index (χ2n) is 7.24. The average Bonchev–Trinajstić information content (AvgIpc) is 3.10. The van der Waals surface area contributed by atoms with E-state index in [9.17, 15) is 0 Å². The van der Waals surface area contributed by atoms with Gasteiger partial charge in [-0.05, 0) is 48.4 Å². The van der Waals surface area contributed by atoms with Crippen molar-refractivity contribution >= 4 is 23.2 Å². The third-order valence-electron chi connectivity index (χ3n) is 4.92. The second kappa shape index (κ2) is 11.2. The predicted molar refractivity (Wildman–Crippen MR) is 122 cm³/mol. The van der Waals surface area contributed by atoms with Gasteiger partial charge in [0.05, 0.1) is 17.6 Å². The number of benzene rings is 2. The molecule has 29 heavy (non-hydrogen) atoms. The van der Waals surface area contributed by atoms with E-state index in [1.165, 1.54) is 32.1 Å². The van der Waals surface area contributed by atoms with Crippen molar-refractivity contribution in [3.05, 3.63) is 66.7 Å². The fraction of sp³-hybridized carbons (Fsp3) is 0.360. The highest BCUT2D eigenvalue weighted by atomic mass is 16.5. The van der Waals surface area contributed by atoms with E-state index in [4.69, 9.17) is 4.74 Å². The Labute approximate surface area is 174 Å². The summed E-state index contributed by atoms with van der Waals surface area (Å²) >= 11 is 0. The lowest BCUT2D eigenvalue weighted by atomic mass is 10.1. The average molecular weight is 390 g/mol. The number of para-hydroxylation sites is 2. The van der Waals surface area contributed by atoms with Gasteiger partial charge < -0.3 is 9.30 Å². The zero-order chi connectivity index (χ0) is 20.3. The molecule has 0 bridgehead atoms. The van der Waals surface area contributed by atoms with Gasteiger partial charge in [0.25, 0.3) is 0 Å². The standard InChI is InChI=1S/C25H31N3O/c1-3-5-6-7-8-11-19-29-22-16-14-21(15-17-22)20-26-25-27-23-12-9-10-13-24(23)28(25)18-4-2/h4,9-10,12-17,20H,2-3,5-8,11,18-19H2,1H3. The van der Waals surface area contributed by atoms with Crippen LogP contribution in [0.25, 0.3) is 11.0 Å². The molecule has 1 aromatic heterocycles. The Kier molecular flexibility index (Phi) is 8.05. The zero-order valence-corrected chi connectivity index (χ0v) is 17.4. The molecular formula is C25H31N3O. The Morgan fingerprint density at radius 3 is 2.55 bits per heavy atom. The van der Waals surface area contributed by atoms with Crippen LogP contribution in [-0.2, 0) is 6.54 Å². The molecule has 2 aromatic carbocycles. The molecule has 0 amide bonds. The minimum atomic E-state index is 0.679. The molecule has 0 aliphatic heterocycles. The van der Waals surface area contributed by atoms with Crippen molar-refractivity contribution in [1.82, 2.24) is 9.55 Å². The second-order valence-corrected chi connectivity index (χ2v) is 7.24. The van der Waals surface area contributed by atoms with E-state index in [0.29, 0.717) is 12.5 Å². The minimum absolute atomic E-state index is 0.679. The molecule has 0 aliphatic rings. The Morgan fingerprint density at radius 1 is 1.00 bits per heavy atom. The maximum Gasteiger partial charge on any atom is 0.230 e.